The van der Waals surface area contributed by atoms with Gasteiger partial charge in [0.25, 0.3) is 0 Å². The Morgan fingerprint density at radius 2 is 1.85 bits per heavy atom. The van der Waals surface area contributed by atoms with Gasteiger partial charge in [0.1, 0.15) is 5.82 Å². The van der Waals surface area contributed by atoms with E-state index in [-0.39, 0.29) is 23.8 Å². The number of ether oxygens (including phenoxy) is 1. The maximum absolute atomic E-state index is 14.9. The van der Waals surface area contributed by atoms with Gasteiger partial charge in [-0.25, -0.2) is 4.39 Å². The Hall–Kier alpha value is -2.73. The lowest BCUT2D eigenvalue weighted by atomic mass is 9.71. The van der Waals surface area contributed by atoms with E-state index in [1.165, 1.54) is 17.0 Å². The van der Waals surface area contributed by atoms with Crippen molar-refractivity contribution in [2.45, 2.75) is 62.4 Å². The number of rotatable bonds is 4. The molecule has 1 amide bonds. The predicted octanol–water partition coefficient (Wildman–Crippen LogP) is 4.76. The summed E-state index contributed by atoms with van der Waals surface area (Å²) < 4.78 is 20.5. The number of benzene rings is 2. The maximum Gasteiger partial charge on any atom is 0.234 e. The van der Waals surface area contributed by atoms with E-state index in [0.29, 0.717) is 37.5 Å². The van der Waals surface area contributed by atoms with Crippen LogP contribution in [-0.4, -0.2) is 46.3 Å². The summed E-state index contributed by atoms with van der Waals surface area (Å²) in [6, 6.07) is 13.7. The zero-order valence-electron chi connectivity index (χ0n) is 18.8. The fraction of sp³-hybridized carbons (Fsp3) is 0.481. The molecule has 0 spiro atoms. The lowest BCUT2D eigenvalue weighted by Crippen LogP contribution is -2.56. The van der Waals surface area contributed by atoms with Crippen LogP contribution in [0.1, 0.15) is 49.7 Å². The van der Waals surface area contributed by atoms with Crippen LogP contribution in [0, 0.1) is 11.7 Å². The van der Waals surface area contributed by atoms with E-state index in [4.69, 9.17) is 4.74 Å². The van der Waals surface area contributed by atoms with E-state index in [1.807, 2.05) is 12.3 Å². The maximum atomic E-state index is 14.9. The van der Waals surface area contributed by atoms with Crippen LogP contribution in [0.25, 0.3) is 10.9 Å². The highest BCUT2D eigenvalue weighted by Crippen LogP contribution is 2.46. The number of nitrogens with zero attached hydrogens (tertiary/aromatic N) is 2. The van der Waals surface area contributed by atoms with Crippen molar-refractivity contribution in [1.29, 1.82) is 0 Å². The highest BCUT2D eigenvalue weighted by atomic mass is 19.1. The average molecular weight is 448 g/mol. The Balaban J connectivity index is 1.26. The smallest absolute Gasteiger partial charge is 0.234 e. The van der Waals surface area contributed by atoms with Gasteiger partial charge in [-0.1, -0.05) is 30.3 Å². The summed E-state index contributed by atoms with van der Waals surface area (Å²) >= 11 is 0. The quantitative estimate of drug-likeness (QED) is 0.627. The molecule has 2 bridgehead atoms. The Morgan fingerprint density at radius 1 is 1.09 bits per heavy atom. The van der Waals surface area contributed by atoms with Crippen molar-refractivity contribution in [1.82, 2.24) is 15.1 Å². The molecule has 3 aliphatic rings. The molecule has 0 radical (unpaired) electrons. The van der Waals surface area contributed by atoms with E-state index < -0.39 is 5.41 Å². The van der Waals surface area contributed by atoms with Crippen LogP contribution >= 0.6 is 0 Å². The van der Waals surface area contributed by atoms with Gasteiger partial charge < -0.3 is 9.64 Å². The first-order valence-corrected chi connectivity index (χ1v) is 12.2. The van der Waals surface area contributed by atoms with Gasteiger partial charge in [0.05, 0.1) is 17.1 Å². The van der Waals surface area contributed by atoms with Crippen LogP contribution < -0.4 is 0 Å². The summed E-state index contributed by atoms with van der Waals surface area (Å²) in [5, 5.41) is 8.47. The van der Waals surface area contributed by atoms with E-state index in [0.717, 1.165) is 37.6 Å². The number of aromatic amines is 1. The number of piperidine rings is 1. The van der Waals surface area contributed by atoms with Crippen molar-refractivity contribution in [2.24, 2.45) is 5.92 Å². The number of hydrogen-bond acceptors (Lipinski definition) is 3. The lowest BCUT2D eigenvalue weighted by molar-refractivity contribution is -0.147. The molecule has 2 unspecified atom stereocenters. The molecule has 3 fully saturated rings. The molecule has 33 heavy (non-hydrogen) atoms. The molecule has 5 nitrogen and oxygen atoms in total. The molecule has 1 N–H and O–H groups in total. The molecule has 172 valence electrons. The number of carbonyl (C=O) groups excluding carboxylic acids is 1. The Bertz CT molecular complexity index is 1150. The monoisotopic (exact) mass is 447 g/mol. The Morgan fingerprint density at radius 3 is 2.61 bits per heavy atom. The Kier molecular flexibility index (Phi) is 5.21. The summed E-state index contributed by atoms with van der Waals surface area (Å²) in [6.07, 6.45) is 8.16. The number of hydrogen-bond donors (Lipinski definition) is 1. The normalized spacial score (nSPS) is 26.6. The summed E-state index contributed by atoms with van der Waals surface area (Å²) in [4.78, 5) is 16.3. The molecule has 3 aromatic rings. The average Bonchev–Trinajstić information content (AvgIpc) is 3.42. The molecule has 1 aromatic heterocycles. The number of H-pyrrole nitrogens is 1. The predicted molar refractivity (Wildman–Crippen MR) is 124 cm³/mol. The third-order valence-corrected chi connectivity index (χ3v) is 8.29. The number of aromatic nitrogens is 2. The molecule has 0 saturated carbocycles. The SMILES string of the molecule is O=C(N1C2CCC1CC(Cc1cccc3[nH]ncc13)C2)C1(c2ccccc2F)CCOCC1. The number of carbonyl (C=O) groups is 1. The van der Waals surface area contributed by atoms with Crippen LogP contribution in [0.4, 0.5) is 4.39 Å². The molecule has 6 rings (SSSR count). The van der Waals surface area contributed by atoms with Gasteiger partial charge in [0, 0.05) is 36.2 Å². The summed E-state index contributed by atoms with van der Waals surface area (Å²) in [7, 11) is 0. The molecular formula is C27H30FN3O2. The molecular weight excluding hydrogens is 417 g/mol. The van der Waals surface area contributed by atoms with Crippen molar-refractivity contribution < 1.29 is 13.9 Å². The highest BCUT2D eigenvalue weighted by molar-refractivity contribution is 5.89. The van der Waals surface area contributed by atoms with Gasteiger partial charge in [-0.05, 0) is 68.6 Å². The van der Waals surface area contributed by atoms with Gasteiger partial charge in [-0.2, -0.15) is 5.10 Å². The second kappa shape index (κ2) is 8.24. The first-order chi connectivity index (χ1) is 16.2. The third kappa shape index (κ3) is 3.46. The number of fused-ring (bicyclic) bond motifs is 3. The van der Waals surface area contributed by atoms with E-state index in [2.05, 4.69) is 33.3 Å². The van der Waals surface area contributed by atoms with Crippen LogP contribution in [0.2, 0.25) is 0 Å². The van der Waals surface area contributed by atoms with Gasteiger partial charge in [-0.3, -0.25) is 9.89 Å². The van der Waals surface area contributed by atoms with Crippen molar-refractivity contribution >= 4 is 16.8 Å². The van der Waals surface area contributed by atoms with Crippen molar-refractivity contribution in [2.75, 3.05) is 13.2 Å². The lowest BCUT2D eigenvalue weighted by Gasteiger charge is -2.46. The fourth-order valence-electron chi connectivity index (χ4n) is 6.72. The van der Waals surface area contributed by atoms with Crippen LogP contribution in [-0.2, 0) is 21.4 Å². The first kappa shape index (κ1) is 20.8. The minimum absolute atomic E-state index is 0.124. The minimum atomic E-state index is -0.806. The van der Waals surface area contributed by atoms with Crippen molar-refractivity contribution in [3.63, 3.8) is 0 Å². The molecule has 2 aromatic carbocycles. The first-order valence-electron chi connectivity index (χ1n) is 12.2. The molecule has 3 saturated heterocycles. The zero-order chi connectivity index (χ0) is 22.4. The van der Waals surface area contributed by atoms with Gasteiger partial charge in [0.15, 0.2) is 0 Å². The van der Waals surface area contributed by atoms with E-state index in [9.17, 15) is 9.18 Å². The minimum Gasteiger partial charge on any atom is -0.381 e. The second-order valence-corrected chi connectivity index (χ2v) is 10.1. The van der Waals surface area contributed by atoms with E-state index >= 15 is 0 Å². The molecule has 6 heteroatoms. The van der Waals surface area contributed by atoms with Crippen LogP contribution in [0.15, 0.2) is 48.7 Å². The molecule has 2 atom stereocenters. The summed E-state index contributed by atoms with van der Waals surface area (Å²) in [5.74, 6) is 0.396. The molecule has 3 aliphatic heterocycles. The molecule has 4 heterocycles. The Labute approximate surface area is 193 Å². The molecule has 0 aliphatic carbocycles. The summed E-state index contributed by atoms with van der Waals surface area (Å²) in [5.41, 5.74) is 2.15. The number of halogens is 1. The van der Waals surface area contributed by atoms with Gasteiger partial charge in [0.2, 0.25) is 5.91 Å². The van der Waals surface area contributed by atoms with Crippen molar-refractivity contribution in [3.05, 3.63) is 65.6 Å². The van der Waals surface area contributed by atoms with Crippen LogP contribution in [0.3, 0.4) is 0 Å². The van der Waals surface area contributed by atoms with Gasteiger partial charge in [-0.15, -0.1) is 0 Å². The third-order valence-electron chi connectivity index (χ3n) is 8.29. The van der Waals surface area contributed by atoms with Crippen LogP contribution in [0.5, 0.6) is 0 Å². The number of nitrogens with one attached hydrogen (secondary N) is 1. The standard InChI is InChI=1S/C27H30FN3O2/c28-24-6-2-1-5-23(24)27(10-12-33-13-11-27)26(32)31-20-8-9-21(31)16-18(15-20)14-19-4-3-7-25-22(19)17-29-30-25/h1-7,17-18,20-21H,8-16H2,(H,29,30). The topological polar surface area (TPSA) is 58.2 Å². The number of amides is 1. The van der Waals surface area contributed by atoms with E-state index in [1.54, 1.807) is 12.1 Å². The zero-order valence-corrected chi connectivity index (χ0v) is 18.8. The highest BCUT2D eigenvalue weighted by Gasteiger charge is 2.52. The van der Waals surface area contributed by atoms with Crippen molar-refractivity contribution in [3.8, 4) is 0 Å². The fourth-order valence-corrected chi connectivity index (χ4v) is 6.72. The summed E-state index contributed by atoms with van der Waals surface area (Å²) in [6.45, 7) is 1.00. The largest absolute Gasteiger partial charge is 0.381 e. The van der Waals surface area contributed by atoms with Gasteiger partial charge >= 0.3 is 0 Å². The second-order valence-electron chi connectivity index (χ2n) is 10.1.